The molecule has 1 saturated carbocycles. The maximum absolute atomic E-state index is 12.2. The summed E-state index contributed by atoms with van der Waals surface area (Å²) < 4.78 is 2.24. The van der Waals surface area contributed by atoms with Gasteiger partial charge in [0.05, 0.1) is 18.1 Å². The van der Waals surface area contributed by atoms with Gasteiger partial charge in [0.15, 0.2) is 0 Å². The van der Waals surface area contributed by atoms with Crippen molar-refractivity contribution in [3.8, 4) is 0 Å². The van der Waals surface area contributed by atoms with Gasteiger partial charge in [-0.1, -0.05) is 13.8 Å². The van der Waals surface area contributed by atoms with Gasteiger partial charge in [-0.2, -0.15) is 0 Å². The van der Waals surface area contributed by atoms with Crippen LogP contribution in [0.15, 0.2) is 12.5 Å². The highest BCUT2D eigenvalue weighted by atomic mass is 16.2. The molecule has 1 fully saturated rings. The summed E-state index contributed by atoms with van der Waals surface area (Å²) in [6, 6.07) is 0.509. The molecule has 0 bridgehead atoms. The molecular formula is C15H26N4O. The lowest BCUT2D eigenvalue weighted by atomic mass is 10.0. The first-order valence-electron chi connectivity index (χ1n) is 7.44. The first-order valence-corrected chi connectivity index (χ1v) is 7.44. The number of hydrogen-bond acceptors (Lipinski definition) is 3. The molecule has 20 heavy (non-hydrogen) atoms. The average molecular weight is 278 g/mol. The second-order valence-corrected chi connectivity index (χ2v) is 6.32. The van der Waals surface area contributed by atoms with Gasteiger partial charge in [-0.05, 0) is 25.2 Å². The molecule has 1 aliphatic carbocycles. The maximum atomic E-state index is 12.2. The fourth-order valence-corrected chi connectivity index (χ4v) is 2.43. The van der Waals surface area contributed by atoms with Gasteiger partial charge in [-0.25, -0.2) is 4.98 Å². The fourth-order valence-electron chi connectivity index (χ4n) is 2.43. The van der Waals surface area contributed by atoms with Gasteiger partial charge in [0.2, 0.25) is 5.91 Å². The molecule has 5 nitrogen and oxygen atoms in total. The summed E-state index contributed by atoms with van der Waals surface area (Å²) in [4.78, 5) is 18.1. The topological polar surface area (TPSA) is 50.2 Å². The van der Waals surface area contributed by atoms with E-state index in [-0.39, 0.29) is 11.9 Å². The van der Waals surface area contributed by atoms with Gasteiger partial charge >= 0.3 is 0 Å². The Labute approximate surface area is 121 Å². The zero-order chi connectivity index (χ0) is 14.7. The van der Waals surface area contributed by atoms with Crippen LogP contribution in [-0.2, 0) is 11.3 Å². The van der Waals surface area contributed by atoms with E-state index in [0.29, 0.717) is 18.5 Å². The van der Waals surface area contributed by atoms with Crippen LogP contribution in [0.25, 0.3) is 0 Å². The molecule has 1 heterocycles. The Morgan fingerprint density at radius 1 is 1.50 bits per heavy atom. The maximum Gasteiger partial charge on any atom is 0.239 e. The number of hydrogen-bond donors (Lipinski definition) is 1. The Bertz CT molecular complexity index is 448. The van der Waals surface area contributed by atoms with E-state index >= 15 is 0 Å². The third-order valence-electron chi connectivity index (χ3n) is 3.66. The first-order chi connectivity index (χ1) is 9.49. The average Bonchev–Trinajstić information content (AvgIpc) is 3.12. The van der Waals surface area contributed by atoms with Crippen molar-refractivity contribution in [2.45, 2.75) is 51.7 Å². The van der Waals surface area contributed by atoms with Gasteiger partial charge in [-0.15, -0.1) is 0 Å². The van der Waals surface area contributed by atoms with E-state index in [1.54, 1.807) is 4.90 Å². The molecule has 1 unspecified atom stereocenters. The Morgan fingerprint density at radius 2 is 2.20 bits per heavy atom. The summed E-state index contributed by atoms with van der Waals surface area (Å²) in [5, 5.41) is 3.41. The molecule has 0 aromatic carbocycles. The number of imidazole rings is 1. The highest BCUT2D eigenvalue weighted by Crippen LogP contribution is 2.35. The van der Waals surface area contributed by atoms with Gasteiger partial charge in [0.25, 0.3) is 0 Å². The summed E-state index contributed by atoms with van der Waals surface area (Å²) in [6.45, 7) is 4.99. The van der Waals surface area contributed by atoms with E-state index in [1.165, 1.54) is 18.5 Å². The molecule has 1 aromatic heterocycles. The van der Waals surface area contributed by atoms with Crippen LogP contribution in [0, 0.1) is 5.92 Å². The van der Waals surface area contributed by atoms with Crippen molar-refractivity contribution >= 4 is 5.91 Å². The van der Waals surface area contributed by atoms with Crippen LogP contribution in [0.4, 0.5) is 0 Å². The molecule has 1 atom stereocenters. The summed E-state index contributed by atoms with van der Waals surface area (Å²) >= 11 is 0. The molecule has 112 valence electrons. The Balaban J connectivity index is 1.96. The number of rotatable bonds is 7. The fraction of sp³-hybridized carbons (Fsp3) is 0.733. The first kappa shape index (κ1) is 15.0. The van der Waals surface area contributed by atoms with Crippen molar-refractivity contribution in [1.29, 1.82) is 0 Å². The second kappa shape index (κ2) is 6.39. The van der Waals surface area contributed by atoms with Crippen molar-refractivity contribution < 1.29 is 4.79 Å². The Hall–Kier alpha value is -1.36. The molecule has 0 spiro atoms. The summed E-state index contributed by atoms with van der Waals surface area (Å²) in [5.41, 5.74) is 1.17. The van der Waals surface area contributed by atoms with Crippen LogP contribution in [0.1, 0.15) is 44.8 Å². The third-order valence-corrected chi connectivity index (χ3v) is 3.66. The second-order valence-electron chi connectivity index (χ2n) is 6.32. The van der Waals surface area contributed by atoms with Gasteiger partial charge in [0.1, 0.15) is 0 Å². The van der Waals surface area contributed by atoms with Crippen LogP contribution < -0.4 is 5.32 Å². The number of likely N-dealkylation sites (N-methyl/N-ethyl adjacent to an activating group) is 1. The number of amides is 1. The lowest BCUT2D eigenvalue weighted by Crippen LogP contribution is -2.44. The van der Waals surface area contributed by atoms with Crippen LogP contribution in [0.2, 0.25) is 0 Å². The van der Waals surface area contributed by atoms with E-state index in [4.69, 9.17) is 0 Å². The van der Waals surface area contributed by atoms with E-state index in [0.717, 1.165) is 6.42 Å². The SMILES string of the molecule is CC(C)CC(NCc1cncn1C1CC1)C(=O)N(C)C. The molecule has 1 N–H and O–H groups in total. The summed E-state index contributed by atoms with van der Waals surface area (Å²) in [6.07, 6.45) is 7.15. The normalized spacial score (nSPS) is 16.4. The number of carbonyl (C=O) groups excluding carboxylic acids is 1. The number of carbonyl (C=O) groups is 1. The number of aromatic nitrogens is 2. The van der Waals surface area contributed by atoms with Gasteiger partial charge < -0.3 is 14.8 Å². The monoisotopic (exact) mass is 278 g/mol. The van der Waals surface area contributed by atoms with Crippen molar-refractivity contribution in [2.75, 3.05) is 14.1 Å². The van der Waals surface area contributed by atoms with Crippen molar-refractivity contribution in [3.63, 3.8) is 0 Å². The van der Waals surface area contributed by atoms with Crippen LogP contribution in [0.3, 0.4) is 0 Å². The third kappa shape index (κ3) is 3.82. The van der Waals surface area contributed by atoms with Crippen molar-refractivity contribution in [3.05, 3.63) is 18.2 Å². The van der Waals surface area contributed by atoms with Gasteiger partial charge in [-0.3, -0.25) is 4.79 Å². The number of nitrogens with one attached hydrogen (secondary N) is 1. The zero-order valence-corrected chi connectivity index (χ0v) is 13.0. The lowest BCUT2D eigenvalue weighted by molar-refractivity contribution is -0.131. The Kier molecular flexibility index (Phi) is 4.81. The van der Waals surface area contributed by atoms with E-state index < -0.39 is 0 Å². The van der Waals surface area contributed by atoms with Crippen LogP contribution in [0.5, 0.6) is 0 Å². The number of nitrogens with zero attached hydrogens (tertiary/aromatic N) is 3. The summed E-state index contributed by atoms with van der Waals surface area (Å²) in [7, 11) is 3.62. The van der Waals surface area contributed by atoms with Crippen molar-refractivity contribution in [1.82, 2.24) is 19.8 Å². The summed E-state index contributed by atoms with van der Waals surface area (Å²) in [5.74, 6) is 0.640. The molecule has 5 heteroatoms. The minimum atomic E-state index is -0.118. The highest BCUT2D eigenvalue weighted by molar-refractivity contribution is 5.81. The van der Waals surface area contributed by atoms with Gasteiger partial charge in [0, 0.05) is 32.9 Å². The molecular weight excluding hydrogens is 252 g/mol. The minimum Gasteiger partial charge on any atom is -0.347 e. The highest BCUT2D eigenvalue weighted by Gasteiger charge is 2.26. The molecule has 0 saturated heterocycles. The minimum absolute atomic E-state index is 0.118. The van der Waals surface area contributed by atoms with Crippen LogP contribution >= 0.6 is 0 Å². The van der Waals surface area contributed by atoms with E-state index in [2.05, 4.69) is 28.7 Å². The molecule has 1 aliphatic rings. The molecule has 2 rings (SSSR count). The van der Waals surface area contributed by atoms with E-state index in [1.807, 2.05) is 26.6 Å². The lowest BCUT2D eigenvalue weighted by Gasteiger charge is -2.23. The van der Waals surface area contributed by atoms with Crippen molar-refractivity contribution in [2.24, 2.45) is 5.92 Å². The predicted molar refractivity (Wildman–Crippen MR) is 79.3 cm³/mol. The predicted octanol–water partition coefficient (Wildman–Crippen LogP) is 1.81. The molecule has 0 radical (unpaired) electrons. The molecule has 1 amide bonds. The standard InChI is InChI=1S/C15H26N4O/c1-11(2)7-14(15(20)18(3)4)17-9-13-8-16-10-19(13)12-5-6-12/h8,10-12,14,17H,5-7,9H2,1-4H3. The quantitative estimate of drug-likeness (QED) is 0.827. The zero-order valence-electron chi connectivity index (χ0n) is 13.0. The molecule has 1 aromatic rings. The smallest absolute Gasteiger partial charge is 0.239 e. The Morgan fingerprint density at radius 3 is 2.75 bits per heavy atom. The van der Waals surface area contributed by atoms with Crippen LogP contribution in [-0.4, -0.2) is 40.5 Å². The van der Waals surface area contributed by atoms with E-state index in [9.17, 15) is 4.79 Å². The molecule has 0 aliphatic heterocycles. The largest absolute Gasteiger partial charge is 0.347 e.